The average Bonchev–Trinajstić information content (AvgIpc) is 2.57. The molecule has 1 fully saturated rings. The summed E-state index contributed by atoms with van der Waals surface area (Å²) in [6, 6.07) is 7.16. The summed E-state index contributed by atoms with van der Waals surface area (Å²) in [4.78, 5) is 14.3. The Morgan fingerprint density at radius 1 is 1.35 bits per heavy atom. The summed E-state index contributed by atoms with van der Waals surface area (Å²) in [7, 11) is 0. The Balaban J connectivity index is 1.96. The molecule has 17 heavy (non-hydrogen) atoms. The number of nitrogens with zero attached hydrogens (tertiary/aromatic N) is 1. The van der Waals surface area contributed by atoms with E-state index < -0.39 is 0 Å². The second-order valence-corrected chi connectivity index (χ2v) is 4.75. The molecule has 4 heteroatoms. The summed E-state index contributed by atoms with van der Waals surface area (Å²) in [6.45, 7) is 4.41. The minimum atomic E-state index is 0.148. The minimum absolute atomic E-state index is 0.148. The highest BCUT2D eigenvalue weighted by Crippen LogP contribution is 2.11. The van der Waals surface area contributed by atoms with Gasteiger partial charge >= 0.3 is 0 Å². The largest absolute Gasteiger partial charge is 0.315 e. The van der Waals surface area contributed by atoms with E-state index in [1.54, 1.807) is 12.1 Å². The van der Waals surface area contributed by atoms with Crippen LogP contribution in [0.2, 0.25) is 5.02 Å². The van der Waals surface area contributed by atoms with E-state index in [0.717, 1.165) is 32.6 Å². The Bertz CT molecular complexity index is 387. The first-order valence-corrected chi connectivity index (χ1v) is 6.35. The van der Waals surface area contributed by atoms with E-state index >= 15 is 0 Å². The van der Waals surface area contributed by atoms with Gasteiger partial charge in [-0.25, -0.2) is 0 Å². The van der Waals surface area contributed by atoms with Gasteiger partial charge in [0.25, 0.3) is 0 Å². The van der Waals surface area contributed by atoms with Crippen molar-refractivity contribution in [2.24, 2.45) is 0 Å². The number of hydrogen-bond acceptors (Lipinski definition) is 3. The van der Waals surface area contributed by atoms with Crippen molar-refractivity contribution in [3.8, 4) is 0 Å². The molecule has 1 aromatic rings. The molecule has 0 spiro atoms. The quantitative estimate of drug-likeness (QED) is 0.833. The van der Waals surface area contributed by atoms with Crippen molar-refractivity contribution >= 4 is 17.4 Å². The number of carbonyl (C=O) groups excluding carboxylic acids is 1. The summed E-state index contributed by atoms with van der Waals surface area (Å²) < 4.78 is 0. The van der Waals surface area contributed by atoms with Gasteiger partial charge in [-0.2, -0.15) is 0 Å². The van der Waals surface area contributed by atoms with Crippen LogP contribution in [0.15, 0.2) is 24.3 Å². The van der Waals surface area contributed by atoms with E-state index in [1.165, 1.54) is 0 Å². The molecule has 1 N–H and O–H groups in total. The molecular weight excluding hydrogens is 236 g/mol. The van der Waals surface area contributed by atoms with E-state index in [-0.39, 0.29) is 5.78 Å². The van der Waals surface area contributed by atoms with Crippen molar-refractivity contribution in [2.45, 2.75) is 6.42 Å². The summed E-state index contributed by atoms with van der Waals surface area (Å²) in [6.07, 6.45) is 1.10. The van der Waals surface area contributed by atoms with E-state index in [2.05, 4.69) is 10.2 Å². The van der Waals surface area contributed by atoms with Crippen molar-refractivity contribution in [3.05, 3.63) is 34.9 Å². The maximum Gasteiger partial charge on any atom is 0.176 e. The highest BCUT2D eigenvalue weighted by Gasteiger charge is 2.14. The van der Waals surface area contributed by atoms with Gasteiger partial charge in [0, 0.05) is 23.7 Å². The lowest BCUT2D eigenvalue weighted by atomic mass is 10.1. The van der Waals surface area contributed by atoms with Crippen molar-refractivity contribution in [3.63, 3.8) is 0 Å². The fraction of sp³-hybridized carbons (Fsp3) is 0.462. The zero-order valence-electron chi connectivity index (χ0n) is 9.79. The van der Waals surface area contributed by atoms with E-state index in [4.69, 9.17) is 11.6 Å². The molecule has 0 saturated carbocycles. The van der Waals surface area contributed by atoms with Gasteiger partial charge in [0.15, 0.2) is 5.78 Å². The number of hydrogen-bond donors (Lipinski definition) is 1. The Labute approximate surface area is 107 Å². The monoisotopic (exact) mass is 252 g/mol. The Morgan fingerprint density at radius 3 is 3.06 bits per heavy atom. The Hall–Kier alpha value is -0.900. The maximum atomic E-state index is 12.1. The Kier molecular flexibility index (Phi) is 4.54. The van der Waals surface area contributed by atoms with Gasteiger partial charge in [-0.1, -0.05) is 23.7 Å². The van der Waals surface area contributed by atoms with Crippen LogP contribution in [0.1, 0.15) is 16.8 Å². The number of rotatable bonds is 3. The fourth-order valence-corrected chi connectivity index (χ4v) is 2.21. The third kappa shape index (κ3) is 3.80. The molecule has 1 heterocycles. The first-order valence-electron chi connectivity index (χ1n) is 5.97. The van der Waals surface area contributed by atoms with Crippen LogP contribution in [0.25, 0.3) is 0 Å². The van der Waals surface area contributed by atoms with Gasteiger partial charge in [-0.05, 0) is 31.6 Å². The van der Waals surface area contributed by atoms with Gasteiger partial charge in [-0.15, -0.1) is 0 Å². The van der Waals surface area contributed by atoms with Crippen LogP contribution in [0.5, 0.6) is 0 Å². The number of benzene rings is 1. The van der Waals surface area contributed by atoms with Gasteiger partial charge in [-0.3, -0.25) is 9.69 Å². The van der Waals surface area contributed by atoms with Crippen molar-refractivity contribution in [2.75, 3.05) is 32.7 Å². The molecule has 0 unspecified atom stereocenters. The first-order chi connectivity index (χ1) is 8.25. The molecule has 3 nitrogen and oxygen atoms in total. The minimum Gasteiger partial charge on any atom is -0.315 e. The molecule has 0 bridgehead atoms. The lowest BCUT2D eigenvalue weighted by molar-refractivity contribution is 0.0935. The van der Waals surface area contributed by atoms with Crippen molar-refractivity contribution in [1.82, 2.24) is 10.2 Å². The van der Waals surface area contributed by atoms with Crippen LogP contribution in [0.3, 0.4) is 0 Å². The van der Waals surface area contributed by atoms with Crippen LogP contribution < -0.4 is 5.32 Å². The van der Waals surface area contributed by atoms with E-state index in [1.807, 2.05) is 12.1 Å². The van der Waals surface area contributed by atoms with E-state index in [9.17, 15) is 4.79 Å². The normalized spacial score (nSPS) is 17.7. The van der Waals surface area contributed by atoms with Crippen molar-refractivity contribution in [1.29, 1.82) is 0 Å². The SMILES string of the molecule is O=C(CN1CCCNCC1)c1cccc(Cl)c1. The Morgan fingerprint density at radius 2 is 2.24 bits per heavy atom. The standard InChI is InChI=1S/C13H17ClN2O/c14-12-4-1-3-11(9-12)13(17)10-16-7-2-5-15-6-8-16/h1,3-4,9,15H,2,5-8,10H2. The number of carbonyl (C=O) groups is 1. The lowest BCUT2D eigenvalue weighted by Crippen LogP contribution is -2.33. The highest BCUT2D eigenvalue weighted by molar-refractivity contribution is 6.31. The van der Waals surface area contributed by atoms with Gasteiger partial charge < -0.3 is 5.32 Å². The molecule has 0 atom stereocenters. The molecule has 0 aromatic heterocycles. The van der Waals surface area contributed by atoms with Gasteiger partial charge in [0.1, 0.15) is 0 Å². The fourth-order valence-electron chi connectivity index (χ4n) is 2.02. The molecule has 2 rings (SSSR count). The smallest absolute Gasteiger partial charge is 0.176 e. The van der Waals surface area contributed by atoms with Gasteiger partial charge in [0.2, 0.25) is 0 Å². The molecule has 1 saturated heterocycles. The second-order valence-electron chi connectivity index (χ2n) is 4.31. The third-order valence-corrected chi connectivity index (χ3v) is 3.18. The molecule has 0 amide bonds. The van der Waals surface area contributed by atoms with Crippen LogP contribution in [-0.2, 0) is 0 Å². The van der Waals surface area contributed by atoms with Crippen LogP contribution in [0.4, 0.5) is 0 Å². The topological polar surface area (TPSA) is 32.3 Å². The molecule has 92 valence electrons. The molecular formula is C13H17ClN2O. The number of ketones is 1. The highest BCUT2D eigenvalue weighted by atomic mass is 35.5. The first kappa shape index (κ1) is 12.6. The number of Topliss-reactive ketones (excluding diaryl/α,β-unsaturated/α-hetero) is 1. The third-order valence-electron chi connectivity index (χ3n) is 2.95. The second kappa shape index (κ2) is 6.15. The van der Waals surface area contributed by atoms with Crippen LogP contribution >= 0.6 is 11.6 Å². The number of nitrogens with one attached hydrogen (secondary N) is 1. The van der Waals surface area contributed by atoms with Crippen LogP contribution in [0, 0.1) is 0 Å². The maximum absolute atomic E-state index is 12.1. The predicted octanol–water partition coefficient (Wildman–Crippen LogP) is 1.82. The van der Waals surface area contributed by atoms with Crippen LogP contribution in [-0.4, -0.2) is 43.4 Å². The molecule has 1 aromatic carbocycles. The zero-order valence-corrected chi connectivity index (χ0v) is 10.5. The number of halogens is 1. The summed E-state index contributed by atoms with van der Waals surface area (Å²) in [5.41, 5.74) is 0.703. The predicted molar refractivity (Wildman–Crippen MR) is 69.7 cm³/mol. The molecule has 0 aliphatic carbocycles. The van der Waals surface area contributed by atoms with Crippen molar-refractivity contribution < 1.29 is 4.79 Å². The molecule has 0 radical (unpaired) electrons. The summed E-state index contributed by atoms with van der Waals surface area (Å²) in [5.74, 6) is 0.148. The van der Waals surface area contributed by atoms with Gasteiger partial charge in [0.05, 0.1) is 6.54 Å². The summed E-state index contributed by atoms with van der Waals surface area (Å²) >= 11 is 5.88. The summed E-state index contributed by atoms with van der Waals surface area (Å²) in [5, 5.41) is 3.94. The molecule has 1 aliphatic rings. The average molecular weight is 253 g/mol. The molecule has 1 aliphatic heterocycles. The van der Waals surface area contributed by atoms with E-state index in [0.29, 0.717) is 17.1 Å². The lowest BCUT2D eigenvalue weighted by Gasteiger charge is -2.18. The zero-order chi connectivity index (χ0) is 12.1.